The molecule has 33 heavy (non-hydrogen) atoms. The van der Waals surface area contributed by atoms with E-state index in [0.29, 0.717) is 11.3 Å². The van der Waals surface area contributed by atoms with Crippen LogP contribution >= 0.6 is 23.8 Å². The highest BCUT2D eigenvalue weighted by molar-refractivity contribution is 7.80. The maximum atomic E-state index is 13.1. The predicted octanol–water partition coefficient (Wildman–Crippen LogP) is 4.90. The highest BCUT2D eigenvalue weighted by atomic mass is 35.5. The first-order valence-electron chi connectivity index (χ1n) is 9.83. The minimum atomic E-state index is -0.655. The van der Waals surface area contributed by atoms with Crippen molar-refractivity contribution in [2.75, 3.05) is 4.90 Å². The van der Waals surface area contributed by atoms with Crippen LogP contribution in [-0.2, 0) is 16.0 Å². The molecule has 0 bridgehead atoms. The minimum Gasteiger partial charge on any atom is -0.457 e. The lowest BCUT2D eigenvalue weighted by molar-refractivity contribution is -0.384. The molecule has 0 unspecified atom stereocenters. The lowest BCUT2D eigenvalue weighted by atomic mass is 10.1. The fourth-order valence-electron chi connectivity index (χ4n) is 3.31. The Balaban J connectivity index is 1.67. The molecular formula is C23H16ClN3O5S. The summed E-state index contributed by atoms with van der Waals surface area (Å²) in [5.41, 5.74) is 1.61. The molecule has 0 atom stereocenters. The van der Waals surface area contributed by atoms with Crippen LogP contribution in [0, 0.1) is 10.1 Å². The van der Waals surface area contributed by atoms with E-state index in [1.807, 2.05) is 19.1 Å². The maximum absolute atomic E-state index is 13.1. The molecule has 3 aromatic rings. The quantitative estimate of drug-likeness (QED) is 0.183. The fraction of sp³-hybridized carbons (Fsp3) is 0.0870. The van der Waals surface area contributed by atoms with E-state index >= 15 is 0 Å². The number of hydrogen-bond acceptors (Lipinski definition) is 6. The maximum Gasteiger partial charge on any atom is 0.270 e. The molecule has 166 valence electrons. The van der Waals surface area contributed by atoms with Crippen LogP contribution in [0.2, 0.25) is 5.02 Å². The Morgan fingerprint density at radius 2 is 1.88 bits per heavy atom. The van der Waals surface area contributed by atoms with Crippen LogP contribution in [-0.4, -0.2) is 21.9 Å². The Hall–Kier alpha value is -3.82. The van der Waals surface area contributed by atoms with Crippen LogP contribution < -0.4 is 10.2 Å². The molecule has 2 heterocycles. The number of carbonyl (C=O) groups is 2. The number of non-ortho nitro benzene ring substituents is 1. The van der Waals surface area contributed by atoms with Gasteiger partial charge in [-0.3, -0.25) is 29.9 Å². The van der Waals surface area contributed by atoms with Crippen molar-refractivity contribution >= 4 is 58.2 Å². The largest absolute Gasteiger partial charge is 0.457 e. The van der Waals surface area contributed by atoms with Gasteiger partial charge in [-0.05, 0) is 60.6 Å². The Bertz CT molecular complexity index is 1330. The summed E-state index contributed by atoms with van der Waals surface area (Å²) in [4.78, 5) is 37.4. The third-order valence-electron chi connectivity index (χ3n) is 5.04. The van der Waals surface area contributed by atoms with Crippen LogP contribution in [0.25, 0.3) is 17.4 Å². The van der Waals surface area contributed by atoms with Gasteiger partial charge in [-0.15, -0.1) is 0 Å². The summed E-state index contributed by atoms with van der Waals surface area (Å²) in [6, 6.07) is 14.3. The number of amides is 2. The lowest BCUT2D eigenvalue weighted by Gasteiger charge is -2.28. The first kappa shape index (κ1) is 22.4. The molecule has 1 aliphatic rings. The molecule has 0 saturated carbocycles. The minimum absolute atomic E-state index is 0.0186. The number of nitro benzene ring substituents is 1. The third kappa shape index (κ3) is 4.41. The van der Waals surface area contributed by atoms with E-state index in [-0.39, 0.29) is 32.9 Å². The third-order valence-corrected chi connectivity index (χ3v) is 5.66. The summed E-state index contributed by atoms with van der Waals surface area (Å²) in [6.07, 6.45) is 2.14. The van der Waals surface area contributed by atoms with E-state index < -0.39 is 16.7 Å². The zero-order valence-corrected chi connectivity index (χ0v) is 18.8. The number of hydrogen-bond donors (Lipinski definition) is 1. The van der Waals surface area contributed by atoms with Gasteiger partial charge in [0.05, 0.1) is 15.6 Å². The van der Waals surface area contributed by atoms with Gasteiger partial charge in [0, 0.05) is 17.7 Å². The molecule has 2 aromatic carbocycles. The second-order valence-electron chi connectivity index (χ2n) is 7.10. The molecule has 2 amide bonds. The van der Waals surface area contributed by atoms with Crippen molar-refractivity contribution < 1.29 is 18.9 Å². The summed E-state index contributed by atoms with van der Waals surface area (Å²) < 4.78 is 5.72. The van der Waals surface area contributed by atoms with Crippen molar-refractivity contribution in [3.63, 3.8) is 0 Å². The van der Waals surface area contributed by atoms with E-state index in [0.717, 1.165) is 12.0 Å². The summed E-state index contributed by atoms with van der Waals surface area (Å²) >= 11 is 11.4. The second kappa shape index (κ2) is 8.97. The molecule has 10 heteroatoms. The van der Waals surface area contributed by atoms with Crippen LogP contribution in [0.1, 0.15) is 18.2 Å². The average Bonchev–Trinajstić information content (AvgIpc) is 3.25. The smallest absolute Gasteiger partial charge is 0.270 e. The monoisotopic (exact) mass is 481 g/mol. The van der Waals surface area contributed by atoms with Gasteiger partial charge in [0.2, 0.25) is 0 Å². The van der Waals surface area contributed by atoms with Gasteiger partial charge in [-0.25, -0.2) is 0 Å². The number of nitrogens with zero attached hydrogens (tertiary/aromatic N) is 2. The van der Waals surface area contributed by atoms with E-state index in [9.17, 15) is 19.7 Å². The van der Waals surface area contributed by atoms with E-state index in [1.165, 1.54) is 35.2 Å². The molecule has 4 rings (SSSR count). The van der Waals surface area contributed by atoms with Crippen LogP contribution in [0.4, 0.5) is 11.4 Å². The SMILES string of the molecule is CCc1ccc(N2C(=O)/C(=C/c3ccc(-c4cc([N+](=O)[O-])ccc4Cl)o3)C(=O)NC2=S)cc1. The average molecular weight is 482 g/mol. The Labute approximate surface area is 198 Å². The molecule has 1 saturated heterocycles. The molecular weight excluding hydrogens is 466 g/mol. The molecule has 1 fully saturated rings. The first-order valence-corrected chi connectivity index (χ1v) is 10.6. The van der Waals surface area contributed by atoms with E-state index in [1.54, 1.807) is 18.2 Å². The van der Waals surface area contributed by atoms with Crippen molar-refractivity contribution in [2.24, 2.45) is 0 Å². The van der Waals surface area contributed by atoms with Gasteiger partial charge in [0.1, 0.15) is 17.1 Å². The van der Waals surface area contributed by atoms with Gasteiger partial charge >= 0.3 is 0 Å². The topological polar surface area (TPSA) is 106 Å². The summed E-state index contributed by atoms with van der Waals surface area (Å²) in [5.74, 6) is -0.806. The van der Waals surface area contributed by atoms with Crippen LogP contribution in [0.15, 0.2) is 64.6 Å². The van der Waals surface area contributed by atoms with Crippen molar-refractivity contribution in [1.82, 2.24) is 5.32 Å². The summed E-state index contributed by atoms with van der Waals surface area (Å²) in [7, 11) is 0. The van der Waals surface area contributed by atoms with E-state index in [2.05, 4.69) is 5.32 Å². The molecule has 0 radical (unpaired) electrons. The normalized spacial score (nSPS) is 15.2. The molecule has 1 aliphatic heterocycles. The first-order chi connectivity index (χ1) is 15.8. The lowest BCUT2D eigenvalue weighted by Crippen LogP contribution is -2.54. The van der Waals surface area contributed by atoms with Gasteiger partial charge in [0.15, 0.2) is 5.11 Å². The zero-order chi connectivity index (χ0) is 23.7. The van der Waals surface area contributed by atoms with Crippen molar-refractivity contribution in [3.8, 4) is 11.3 Å². The number of carbonyl (C=O) groups excluding carboxylic acids is 2. The number of nitro groups is 1. The number of benzene rings is 2. The molecule has 0 spiro atoms. The molecule has 1 N–H and O–H groups in total. The second-order valence-corrected chi connectivity index (χ2v) is 7.90. The Morgan fingerprint density at radius 1 is 1.15 bits per heavy atom. The number of anilines is 1. The van der Waals surface area contributed by atoms with Crippen LogP contribution in [0.3, 0.4) is 0 Å². The molecule has 8 nitrogen and oxygen atoms in total. The van der Waals surface area contributed by atoms with Gasteiger partial charge in [-0.1, -0.05) is 30.7 Å². The highest BCUT2D eigenvalue weighted by Gasteiger charge is 2.34. The van der Waals surface area contributed by atoms with Gasteiger partial charge in [-0.2, -0.15) is 0 Å². The molecule has 0 aliphatic carbocycles. The number of halogens is 1. The van der Waals surface area contributed by atoms with E-state index in [4.69, 9.17) is 28.2 Å². The highest BCUT2D eigenvalue weighted by Crippen LogP contribution is 2.33. The zero-order valence-electron chi connectivity index (χ0n) is 17.2. The van der Waals surface area contributed by atoms with Crippen molar-refractivity contribution in [1.29, 1.82) is 0 Å². The number of furan rings is 1. The van der Waals surface area contributed by atoms with Gasteiger partial charge < -0.3 is 4.42 Å². The fourth-order valence-corrected chi connectivity index (χ4v) is 3.80. The number of thiocarbonyl (C=S) groups is 1. The summed E-state index contributed by atoms with van der Waals surface area (Å²) in [5, 5.41) is 13.8. The van der Waals surface area contributed by atoms with Crippen LogP contribution in [0.5, 0.6) is 0 Å². The van der Waals surface area contributed by atoms with Crippen molar-refractivity contribution in [2.45, 2.75) is 13.3 Å². The predicted molar refractivity (Wildman–Crippen MR) is 128 cm³/mol. The number of rotatable bonds is 5. The molecule has 1 aromatic heterocycles. The van der Waals surface area contributed by atoms with Gasteiger partial charge in [0.25, 0.3) is 17.5 Å². The summed E-state index contributed by atoms with van der Waals surface area (Å²) in [6.45, 7) is 2.02. The number of aryl methyl sites for hydroxylation is 1. The standard InChI is InChI=1S/C23H16ClN3O5S/c1-2-13-3-5-14(6-4-13)26-22(29)18(21(28)25-23(26)33)12-16-8-10-20(32-16)17-11-15(27(30)31)7-9-19(17)24/h3-12H,2H2,1H3,(H,25,28,33)/b18-12+. The van der Waals surface area contributed by atoms with Crippen molar-refractivity contribution in [3.05, 3.63) is 86.6 Å². The Morgan fingerprint density at radius 3 is 2.55 bits per heavy atom. The number of nitrogens with one attached hydrogen (secondary N) is 1. The Kier molecular flexibility index (Phi) is 6.08.